The molecule has 0 bridgehead atoms. The lowest BCUT2D eigenvalue weighted by Crippen LogP contribution is -2.44. The fourth-order valence-corrected chi connectivity index (χ4v) is 3.97. The molecule has 1 heterocycles. The van der Waals surface area contributed by atoms with Crippen LogP contribution in [-0.2, 0) is 11.0 Å². The van der Waals surface area contributed by atoms with Gasteiger partial charge in [-0.3, -0.25) is 9.69 Å². The number of carbonyl (C=O) groups is 1. The summed E-state index contributed by atoms with van der Waals surface area (Å²) in [4.78, 5) is 15.5. The number of nitriles is 1. The predicted molar refractivity (Wildman–Crippen MR) is 116 cm³/mol. The molecule has 33 heavy (non-hydrogen) atoms. The molecular formula is C22H19F4N3O3S. The second kappa shape index (κ2) is 8.96. The van der Waals surface area contributed by atoms with Gasteiger partial charge in [-0.2, -0.15) is 18.4 Å². The van der Waals surface area contributed by atoms with Crippen LogP contribution in [0, 0.1) is 17.1 Å². The van der Waals surface area contributed by atoms with Crippen molar-refractivity contribution < 1.29 is 32.2 Å². The number of anilines is 2. The number of alkyl halides is 3. The summed E-state index contributed by atoms with van der Waals surface area (Å²) >= 11 is 5.41. The van der Waals surface area contributed by atoms with E-state index in [1.807, 2.05) is 0 Å². The summed E-state index contributed by atoms with van der Waals surface area (Å²) in [6.07, 6.45) is -4.49. The van der Waals surface area contributed by atoms with Crippen molar-refractivity contribution in [3.05, 3.63) is 53.3 Å². The van der Waals surface area contributed by atoms with Gasteiger partial charge >= 0.3 is 6.18 Å². The molecular weight excluding hydrogens is 462 g/mol. The van der Waals surface area contributed by atoms with Crippen molar-refractivity contribution >= 4 is 34.6 Å². The third kappa shape index (κ3) is 4.49. The number of rotatable bonds is 6. The standard InChI is InChI=1S/C22H19F4N3O3S/c1-21(2)19(31)28(14-5-4-13(12-27)16(10-14)22(24,25)26)20(33)29(21)15-6-7-18(17(23)11-15)32-9-3-8-30/h4-7,10-11,30H,3,8-9H2,1-2H3. The SMILES string of the molecule is CC1(C)C(=O)N(c2ccc(C#N)c(C(F)(F)F)c2)C(=S)N1c1ccc(OCCCO)c(F)c1. The lowest BCUT2D eigenvalue weighted by atomic mass is 10.0. The van der Waals surface area contributed by atoms with Crippen LogP contribution in [0.5, 0.6) is 5.75 Å². The number of aliphatic hydroxyl groups excluding tert-OH is 1. The summed E-state index contributed by atoms with van der Waals surface area (Å²) in [5.41, 5.74) is -3.06. The smallest absolute Gasteiger partial charge is 0.417 e. The third-order valence-electron chi connectivity index (χ3n) is 5.09. The number of hydrogen-bond acceptors (Lipinski definition) is 5. The van der Waals surface area contributed by atoms with Gasteiger partial charge in [-0.15, -0.1) is 0 Å². The number of hydrogen-bond donors (Lipinski definition) is 1. The summed E-state index contributed by atoms with van der Waals surface area (Å²) in [7, 11) is 0. The van der Waals surface area contributed by atoms with E-state index >= 15 is 0 Å². The average molecular weight is 481 g/mol. The topological polar surface area (TPSA) is 76.8 Å². The zero-order chi connectivity index (χ0) is 24.6. The fraction of sp³-hybridized carbons (Fsp3) is 0.318. The van der Waals surface area contributed by atoms with Gasteiger partial charge in [0, 0.05) is 24.8 Å². The van der Waals surface area contributed by atoms with Crippen molar-refractivity contribution in [1.82, 2.24) is 0 Å². The van der Waals surface area contributed by atoms with Gasteiger partial charge in [0.25, 0.3) is 5.91 Å². The highest BCUT2D eigenvalue weighted by molar-refractivity contribution is 7.81. The highest BCUT2D eigenvalue weighted by Gasteiger charge is 2.50. The summed E-state index contributed by atoms with van der Waals surface area (Å²) in [5.74, 6) is -1.40. The molecule has 1 aliphatic rings. The quantitative estimate of drug-likeness (QED) is 0.375. The van der Waals surface area contributed by atoms with Gasteiger partial charge in [-0.25, -0.2) is 4.39 Å². The second-order valence-corrected chi connectivity index (χ2v) is 8.06. The van der Waals surface area contributed by atoms with Crippen molar-refractivity contribution in [1.29, 1.82) is 5.26 Å². The molecule has 0 unspecified atom stereocenters. The fourth-order valence-electron chi connectivity index (χ4n) is 3.45. The number of thiocarbonyl (C=S) groups is 1. The first kappa shape index (κ1) is 24.4. The van der Waals surface area contributed by atoms with E-state index in [0.29, 0.717) is 12.5 Å². The van der Waals surface area contributed by atoms with E-state index in [2.05, 4.69) is 0 Å². The Labute approximate surface area is 192 Å². The Morgan fingerprint density at radius 2 is 1.85 bits per heavy atom. The molecule has 11 heteroatoms. The molecule has 1 saturated heterocycles. The molecule has 0 radical (unpaired) electrons. The van der Waals surface area contributed by atoms with Crippen LogP contribution >= 0.6 is 12.2 Å². The Hall–Kier alpha value is -3.23. The Balaban J connectivity index is 2.01. The first-order chi connectivity index (χ1) is 15.4. The van der Waals surface area contributed by atoms with Crippen LogP contribution in [0.1, 0.15) is 31.4 Å². The zero-order valence-corrected chi connectivity index (χ0v) is 18.4. The minimum atomic E-state index is -4.81. The number of nitrogens with zero attached hydrogens (tertiary/aromatic N) is 3. The van der Waals surface area contributed by atoms with Crippen molar-refractivity contribution in [3.8, 4) is 11.8 Å². The molecule has 0 aromatic heterocycles. The molecule has 0 aliphatic carbocycles. The highest BCUT2D eigenvalue weighted by atomic mass is 32.1. The number of carbonyl (C=O) groups excluding carboxylic acids is 1. The Morgan fingerprint density at radius 3 is 2.42 bits per heavy atom. The largest absolute Gasteiger partial charge is 0.490 e. The molecule has 0 atom stereocenters. The summed E-state index contributed by atoms with van der Waals surface area (Å²) in [5, 5.41) is 17.7. The van der Waals surface area contributed by atoms with Gasteiger partial charge < -0.3 is 14.7 Å². The number of amides is 1. The van der Waals surface area contributed by atoms with Crippen LogP contribution in [0.2, 0.25) is 0 Å². The Bertz CT molecular complexity index is 1140. The Morgan fingerprint density at radius 1 is 1.18 bits per heavy atom. The molecule has 0 spiro atoms. The minimum absolute atomic E-state index is 0.0554. The molecule has 2 aromatic rings. The van der Waals surface area contributed by atoms with Gasteiger partial charge in [-0.1, -0.05) is 0 Å². The van der Waals surface area contributed by atoms with E-state index in [1.54, 1.807) is 0 Å². The first-order valence-corrected chi connectivity index (χ1v) is 10.2. The maximum absolute atomic E-state index is 14.6. The molecule has 1 N–H and O–H groups in total. The lowest BCUT2D eigenvalue weighted by Gasteiger charge is -2.29. The van der Waals surface area contributed by atoms with Crippen LogP contribution in [0.25, 0.3) is 0 Å². The van der Waals surface area contributed by atoms with E-state index in [-0.39, 0.29) is 35.5 Å². The van der Waals surface area contributed by atoms with Crippen molar-refractivity contribution in [2.75, 3.05) is 23.0 Å². The molecule has 2 aromatic carbocycles. The average Bonchev–Trinajstić information content (AvgIpc) is 2.92. The van der Waals surface area contributed by atoms with E-state index in [4.69, 9.17) is 27.3 Å². The second-order valence-electron chi connectivity index (χ2n) is 7.70. The van der Waals surface area contributed by atoms with Crippen molar-refractivity contribution in [2.45, 2.75) is 32.0 Å². The highest BCUT2D eigenvalue weighted by Crippen LogP contribution is 2.40. The molecule has 0 saturated carbocycles. The molecule has 1 amide bonds. The molecule has 174 valence electrons. The maximum Gasteiger partial charge on any atom is 0.417 e. The van der Waals surface area contributed by atoms with Gasteiger partial charge in [0.1, 0.15) is 5.54 Å². The van der Waals surface area contributed by atoms with Crippen LogP contribution in [-0.4, -0.2) is 34.9 Å². The van der Waals surface area contributed by atoms with Gasteiger partial charge in [-0.05, 0) is 56.4 Å². The zero-order valence-electron chi connectivity index (χ0n) is 17.6. The predicted octanol–water partition coefficient (Wildman–Crippen LogP) is 4.39. The monoisotopic (exact) mass is 481 g/mol. The summed E-state index contributed by atoms with van der Waals surface area (Å²) in [6.45, 7) is 3.02. The summed E-state index contributed by atoms with van der Waals surface area (Å²) < 4.78 is 60.1. The van der Waals surface area contributed by atoms with E-state index in [0.717, 1.165) is 17.0 Å². The normalized spacial score (nSPS) is 15.7. The first-order valence-electron chi connectivity index (χ1n) is 9.76. The number of aliphatic hydroxyl groups is 1. The van der Waals surface area contributed by atoms with Gasteiger partial charge in [0.15, 0.2) is 16.7 Å². The van der Waals surface area contributed by atoms with Gasteiger partial charge in [0.05, 0.1) is 29.5 Å². The third-order valence-corrected chi connectivity index (χ3v) is 5.45. The molecule has 1 aliphatic heterocycles. The maximum atomic E-state index is 14.6. The minimum Gasteiger partial charge on any atom is -0.490 e. The number of benzene rings is 2. The molecule has 6 nitrogen and oxygen atoms in total. The molecule has 3 rings (SSSR count). The lowest BCUT2D eigenvalue weighted by molar-refractivity contribution is -0.137. The van der Waals surface area contributed by atoms with E-state index in [9.17, 15) is 22.4 Å². The van der Waals surface area contributed by atoms with Crippen molar-refractivity contribution in [3.63, 3.8) is 0 Å². The van der Waals surface area contributed by atoms with Crippen molar-refractivity contribution in [2.24, 2.45) is 0 Å². The summed E-state index contributed by atoms with van der Waals surface area (Å²) in [6, 6.07) is 8.29. The van der Waals surface area contributed by atoms with E-state index < -0.39 is 34.6 Å². The van der Waals surface area contributed by atoms with Crippen LogP contribution < -0.4 is 14.5 Å². The van der Waals surface area contributed by atoms with Crippen LogP contribution in [0.3, 0.4) is 0 Å². The number of halogens is 4. The van der Waals surface area contributed by atoms with Crippen LogP contribution in [0.15, 0.2) is 36.4 Å². The Kier molecular flexibility index (Phi) is 6.63. The molecule has 1 fully saturated rings. The van der Waals surface area contributed by atoms with E-state index in [1.165, 1.54) is 43.0 Å². The number of ether oxygens (including phenoxy) is 1. The van der Waals surface area contributed by atoms with Crippen LogP contribution in [0.4, 0.5) is 28.9 Å². The van der Waals surface area contributed by atoms with Gasteiger partial charge in [0.2, 0.25) is 0 Å².